The Hall–Kier alpha value is -1.89. The first kappa shape index (κ1) is 15.0. The summed E-state index contributed by atoms with van der Waals surface area (Å²) in [5.74, 6) is 0. The topological polar surface area (TPSA) is 17.1 Å². The Labute approximate surface area is 133 Å². The minimum atomic E-state index is 0.112. The minimum Gasteiger partial charge on any atom is -0.298 e. The Morgan fingerprint density at radius 1 is 0.818 bits per heavy atom. The molecule has 0 atom stereocenters. The molecule has 2 aliphatic carbocycles. The summed E-state index contributed by atoms with van der Waals surface area (Å²) in [4.78, 5) is 11.7. The van der Waals surface area contributed by atoms with E-state index < -0.39 is 0 Å². The highest BCUT2D eigenvalue weighted by Gasteiger charge is 2.19. The van der Waals surface area contributed by atoms with E-state index in [9.17, 15) is 4.79 Å². The lowest BCUT2D eigenvalue weighted by molar-refractivity contribution is 0.112. The van der Waals surface area contributed by atoms with Gasteiger partial charge in [0.05, 0.1) is 0 Å². The van der Waals surface area contributed by atoms with Gasteiger partial charge in [-0.2, -0.15) is 0 Å². The van der Waals surface area contributed by atoms with E-state index in [1.165, 1.54) is 27.8 Å². The Morgan fingerprint density at radius 3 is 1.64 bits per heavy atom. The highest BCUT2D eigenvalue weighted by molar-refractivity contribution is 5.80. The van der Waals surface area contributed by atoms with Crippen molar-refractivity contribution in [1.29, 1.82) is 0 Å². The Bertz CT molecular complexity index is 639. The smallest absolute Gasteiger partial charge is 0.150 e. The molecule has 0 N–H and O–H groups in total. The number of rotatable bonds is 1. The van der Waals surface area contributed by atoms with Crippen molar-refractivity contribution in [3.8, 4) is 0 Å². The maximum atomic E-state index is 11.7. The summed E-state index contributed by atoms with van der Waals surface area (Å²) in [5, 5.41) is 0. The molecule has 1 heteroatoms. The number of benzene rings is 2. The second-order valence-electron chi connectivity index (χ2n) is 7.39. The van der Waals surface area contributed by atoms with Gasteiger partial charge in [-0.15, -0.1) is 0 Å². The molecule has 0 saturated carbocycles. The van der Waals surface area contributed by atoms with Crippen LogP contribution in [0, 0.1) is 0 Å². The van der Waals surface area contributed by atoms with E-state index in [4.69, 9.17) is 0 Å². The van der Waals surface area contributed by atoms with Gasteiger partial charge in [0, 0.05) is 5.56 Å². The number of hydrogen-bond acceptors (Lipinski definition) is 1. The van der Waals surface area contributed by atoms with Crippen LogP contribution in [0.3, 0.4) is 0 Å². The van der Waals surface area contributed by atoms with Crippen LogP contribution < -0.4 is 0 Å². The van der Waals surface area contributed by atoms with Gasteiger partial charge in [0.1, 0.15) is 0 Å². The number of carbonyl (C=O) groups excluding carboxylic acids is 1. The lowest BCUT2D eigenvalue weighted by atomic mass is 9.82. The number of hydrogen-bond donors (Lipinski definition) is 0. The maximum Gasteiger partial charge on any atom is 0.150 e. The van der Waals surface area contributed by atoms with E-state index in [0.717, 1.165) is 37.5 Å². The quantitative estimate of drug-likeness (QED) is 0.697. The third-order valence-corrected chi connectivity index (χ3v) is 4.72. The third-order valence-electron chi connectivity index (χ3n) is 4.72. The average Bonchev–Trinajstić information content (AvgIpc) is 2.52. The highest BCUT2D eigenvalue weighted by Crippen LogP contribution is 2.29. The van der Waals surface area contributed by atoms with Crippen LogP contribution >= 0.6 is 0 Å². The molecule has 22 heavy (non-hydrogen) atoms. The first-order valence-corrected chi connectivity index (χ1v) is 8.16. The second kappa shape index (κ2) is 5.72. The van der Waals surface area contributed by atoms with E-state index in [2.05, 4.69) is 57.2 Å². The van der Waals surface area contributed by atoms with Crippen LogP contribution in [0.4, 0.5) is 0 Å². The van der Waals surface area contributed by atoms with E-state index in [0.29, 0.717) is 0 Å². The molecule has 2 aromatic rings. The second-order valence-corrected chi connectivity index (χ2v) is 7.39. The van der Waals surface area contributed by atoms with Crippen molar-refractivity contribution >= 4 is 6.29 Å². The van der Waals surface area contributed by atoms with Crippen molar-refractivity contribution in [1.82, 2.24) is 0 Å². The molecule has 0 radical (unpaired) electrons. The van der Waals surface area contributed by atoms with Crippen LogP contribution in [0.2, 0.25) is 0 Å². The Morgan fingerprint density at radius 2 is 1.27 bits per heavy atom. The first-order chi connectivity index (χ1) is 10.5. The van der Waals surface area contributed by atoms with E-state index in [1.54, 1.807) is 0 Å². The van der Waals surface area contributed by atoms with Gasteiger partial charge in [-0.1, -0.05) is 57.2 Å². The molecular weight excluding hydrogens is 268 g/mol. The fourth-order valence-electron chi connectivity index (χ4n) is 3.21. The molecule has 0 fully saturated rings. The van der Waals surface area contributed by atoms with Crippen molar-refractivity contribution in [2.75, 3.05) is 0 Å². The summed E-state index contributed by atoms with van der Waals surface area (Å²) < 4.78 is 0. The van der Waals surface area contributed by atoms with Crippen molar-refractivity contribution in [3.63, 3.8) is 0 Å². The van der Waals surface area contributed by atoms with Crippen molar-refractivity contribution in [3.05, 3.63) is 69.8 Å². The van der Waals surface area contributed by atoms with Gasteiger partial charge >= 0.3 is 0 Å². The molecule has 0 spiro atoms. The van der Waals surface area contributed by atoms with E-state index in [-0.39, 0.29) is 5.41 Å². The summed E-state index contributed by atoms with van der Waals surface area (Å²) in [5.41, 5.74) is 7.50. The molecule has 0 unspecified atom stereocenters. The number of carbonyl (C=O) groups is 1. The van der Waals surface area contributed by atoms with Crippen LogP contribution in [-0.2, 0) is 31.1 Å². The maximum absolute atomic E-state index is 11.7. The molecule has 0 aromatic heterocycles. The van der Waals surface area contributed by atoms with Crippen molar-refractivity contribution < 1.29 is 4.79 Å². The average molecular weight is 292 g/mol. The zero-order valence-electron chi connectivity index (χ0n) is 13.8. The molecule has 4 rings (SSSR count). The third kappa shape index (κ3) is 2.99. The first-order valence-electron chi connectivity index (χ1n) is 8.16. The van der Waals surface area contributed by atoms with Crippen molar-refractivity contribution in [2.24, 2.45) is 0 Å². The van der Waals surface area contributed by atoms with Gasteiger partial charge in [0.2, 0.25) is 0 Å². The number of fused-ring (bicyclic) bond motifs is 4. The van der Waals surface area contributed by atoms with Gasteiger partial charge in [-0.25, -0.2) is 0 Å². The van der Waals surface area contributed by atoms with Gasteiger partial charge < -0.3 is 0 Å². The molecule has 0 heterocycles. The fraction of sp³-hybridized carbons (Fsp3) is 0.381. The number of aryl methyl sites for hydroxylation is 4. The molecule has 0 aliphatic heterocycles. The summed E-state index contributed by atoms with van der Waals surface area (Å²) in [6.45, 7) is 6.72. The summed E-state index contributed by atoms with van der Waals surface area (Å²) in [6.07, 6.45) is 4.92. The summed E-state index contributed by atoms with van der Waals surface area (Å²) >= 11 is 0. The highest BCUT2D eigenvalue weighted by atomic mass is 16.1. The molecule has 4 bridgehead atoms. The number of aldehydes is 1. The lowest BCUT2D eigenvalue weighted by Gasteiger charge is -2.23. The van der Waals surface area contributed by atoms with Gasteiger partial charge in [0.25, 0.3) is 0 Å². The predicted octanol–water partition coefficient (Wildman–Crippen LogP) is 4.68. The summed E-state index contributed by atoms with van der Waals surface area (Å²) in [6, 6.07) is 13.4. The molecular formula is C21H24O. The Balaban J connectivity index is 2.13. The van der Waals surface area contributed by atoms with Crippen molar-refractivity contribution in [2.45, 2.75) is 51.9 Å². The van der Waals surface area contributed by atoms with Crippen LogP contribution in [-0.4, -0.2) is 6.29 Å². The standard InChI is InChI=1S/C21H24O/c1-21(2,3)19-12-17-10-8-15-4-5-16(7-6-15)9-11-18(13-19)20(17)14-22/h4-7,12-14H,8-11H2,1-3H3. The summed E-state index contributed by atoms with van der Waals surface area (Å²) in [7, 11) is 0. The monoisotopic (exact) mass is 292 g/mol. The molecule has 0 amide bonds. The minimum absolute atomic E-state index is 0.112. The normalized spacial score (nSPS) is 14.5. The fourth-order valence-corrected chi connectivity index (χ4v) is 3.21. The van der Waals surface area contributed by atoms with Crippen LogP contribution in [0.25, 0.3) is 0 Å². The SMILES string of the molecule is CC(C)(C)c1cc2c(C=O)c(c1)CCc1ccc(cc1)CC2. The lowest BCUT2D eigenvalue weighted by Crippen LogP contribution is -2.14. The predicted molar refractivity (Wildman–Crippen MR) is 91.8 cm³/mol. The van der Waals surface area contributed by atoms with Gasteiger partial charge in [-0.05, 0) is 58.9 Å². The zero-order chi connectivity index (χ0) is 15.7. The van der Waals surface area contributed by atoms with E-state index in [1.807, 2.05) is 0 Å². The van der Waals surface area contributed by atoms with Gasteiger partial charge in [0.15, 0.2) is 6.29 Å². The van der Waals surface area contributed by atoms with Gasteiger partial charge in [-0.3, -0.25) is 4.79 Å². The largest absolute Gasteiger partial charge is 0.298 e. The van der Waals surface area contributed by atoms with Crippen LogP contribution in [0.5, 0.6) is 0 Å². The zero-order valence-corrected chi connectivity index (χ0v) is 13.8. The molecule has 0 saturated heterocycles. The Kier molecular flexibility index (Phi) is 3.90. The molecule has 1 nitrogen and oxygen atoms in total. The van der Waals surface area contributed by atoms with Crippen LogP contribution in [0.1, 0.15) is 58.9 Å². The molecule has 2 aromatic carbocycles. The molecule has 114 valence electrons. The molecule has 2 aliphatic rings. The van der Waals surface area contributed by atoms with E-state index >= 15 is 0 Å². The van der Waals surface area contributed by atoms with Crippen LogP contribution in [0.15, 0.2) is 36.4 Å².